The van der Waals surface area contributed by atoms with Crippen LogP contribution in [-0.2, 0) is 16.4 Å². The molecule has 0 saturated heterocycles. The van der Waals surface area contributed by atoms with E-state index < -0.39 is 10.0 Å². The van der Waals surface area contributed by atoms with Crippen LogP contribution in [0.5, 0.6) is 0 Å². The van der Waals surface area contributed by atoms with Crippen molar-refractivity contribution in [2.45, 2.75) is 11.3 Å². The van der Waals surface area contributed by atoms with Crippen LogP contribution in [-0.4, -0.2) is 15.5 Å². The Labute approximate surface area is 83.2 Å². The highest BCUT2D eigenvalue weighted by atomic mass is 32.2. The van der Waals surface area contributed by atoms with E-state index in [0.717, 1.165) is 0 Å². The van der Waals surface area contributed by atoms with Gasteiger partial charge in [0.25, 0.3) is 0 Å². The van der Waals surface area contributed by atoms with E-state index in [9.17, 15) is 8.42 Å². The van der Waals surface area contributed by atoms with Gasteiger partial charge in [-0.05, 0) is 24.7 Å². The molecule has 1 N–H and O–H groups in total. The van der Waals surface area contributed by atoms with Crippen molar-refractivity contribution < 1.29 is 8.42 Å². The van der Waals surface area contributed by atoms with Crippen molar-refractivity contribution in [3.05, 3.63) is 29.8 Å². The molecular formula is C9H10N2O2S. The molecule has 4 nitrogen and oxygen atoms in total. The summed E-state index contributed by atoms with van der Waals surface area (Å²) in [6.45, 7) is 0. The van der Waals surface area contributed by atoms with Crippen molar-refractivity contribution in [1.82, 2.24) is 4.72 Å². The molecule has 0 atom stereocenters. The van der Waals surface area contributed by atoms with E-state index in [1.165, 1.54) is 19.2 Å². The Morgan fingerprint density at radius 2 is 2.21 bits per heavy atom. The lowest BCUT2D eigenvalue weighted by Gasteiger charge is -2.02. The van der Waals surface area contributed by atoms with Gasteiger partial charge in [0, 0.05) is 0 Å². The zero-order valence-electron chi connectivity index (χ0n) is 7.69. The van der Waals surface area contributed by atoms with E-state index in [0.29, 0.717) is 5.56 Å². The summed E-state index contributed by atoms with van der Waals surface area (Å²) in [6.07, 6.45) is 0.215. The van der Waals surface area contributed by atoms with Crippen molar-refractivity contribution in [1.29, 1.82) is 5.26 Å². The second-order valence-electron chi connectivity index (χ2n) is 2.69. The Morgan fingerprint density at radius 1 is 1.50 bits per heavy atom. The number of sulfonamides is 1. The third-order valence-corrected chi connectivity index (χ3v) is 3.17. The first-order valence-electron chi connectivity index (χ1n) is 3.99. The predicted octanol–water partition coefficient (Wildman–Crippen LogP) is 0.661. The van der Waals surface area contributed by atoms with Crippen LogP contribution in [0, 0.1) is 11.3 Å². The van der Waals surface area contributed by atoms with Gasteiger partial charge in [-0.15, -0.1) is 0 Å². The SMILES string of the molecule is CNS(=O)(=O)c1cccc(CC#N)c1. The van der Waals surface area contributed by atoms with E-state index >= 15 is 0 Å². The average molecular weight is 210 g/mol. The number of hydrogen-bond donors (Lipinski definition) is 1. The second-order valence-corrected chi connectivity index (χ2v) is 4.58. The Balaban J connectivity index is 3.14. The van der Waals surface area contributed by atoms with Gasteiger partial charge in [-0.3, -0.25) is 0 Å². The molecule has 0 amide bonds. The predicted molar refractivity (Wildman–Crippen MR) is 52.0 cm³/mol. The molecule has 0 aliphatic heterocycles. The minimum Gasteiger partial charge on any atom is -0.214 e. The van der Waals surface area contributed by atoms with Gasteiger partial charge in [0.1, 0.15) is 0 Å². The highest BCUT2D eigenvalue weighted by Crippen LogP contribution is 2.11. The Kier molecular flexibility index (Phi) is 3.23. The van der Waals surface area contributed by atoms with Gasteiger partial charge in [-0.2, -0.15) is 5.26 Å². The van der Waals surface area contributed by atoms with Crippen LogP contribution >= 0.6 is 0 Å². The molecule has 1 aromatic carbocycles. The summed E-state index contributed by atoms with van der Waals surface area (Å²) in [5.74, 6) is 0. The van der Waals surface area contributed by atoms with Gasteiger partial charge >= 0.3 is 0 Å². The summed E-state index contributed by atoms with van der Waals surface area (Å²) in [4.78, 5) is 0.188. The van der Waals surface area contributed by atoms with Gasteiger partial charge in [0.15, 0.2) is 0 Å². The quantitative estimate of drug-likeness (QED) is 0.796. The van der Waals surface area contributed by atoms with Crippen molar-refractivity contribution in [2.75, 3.05) is 7.05 Å². The van der Waals surface area contributed by atoms with Crippen LogP contribution in [0.25, 0.3) is 0 Å². The highest BCUT2D eigenvalue weighted by Gasteiger charge is 2.10. The van der Waals surface area contributed by atoms with E-state index in [1.807, 2.05) is 6.07 Å². The van der Waals surface area contributed by atoms with Crippen LogP contribution in [0.1, 0.15) is 5.56 Å². The molecule has 5 heteroatoms. The zero-order valence-corrected chi connectivity index (χ0v) is 8.50. The summed E-state index contributed by atoms with van der Waals surface area (Å²) in [6, 6.07) is 8.30. The molecular weight excluding hydrogens is 200 g/mol. The van der Waals surface area contributed by atoms with Gasteiger partial charge in [-0.1, -0.05) is 12.1 Å². The summed E-state index contributed by atoms with van der Waals surface area (Å²) in [5.41, 5.74) is 0.698. The molecule has 0 unspecified atom stereocenters. The number of nitrogens with one attached hydrogen (secondary N) is 1. The summed E-state index contributed by atoms with van der Waals surface area (Å²) in [7, 11) is -2.04. The fourth-order valence-electron chi connectivity index (χ4n) is 1.03. The number of nitriles is 1. The van der Waals surface area contributed by atoms with Crippen LogP contribution in [0.3, 0.4) is 0 Å². The summed E-state index contributed by atoms with van der Waals surface area (Å²) in [5, 5.41) is 8.46. The summed E-state index contributed by atoms with van der Waals surface area (Å²) < 4.78 is 24.9. The molecule has 1 aromatic rings. The molecule has 0 radical (unpaired) electrons. The van der Waals surface area contributed by atoms with Gasteiger partial charge in [0.05, 0.1) is 17.4 Å². The van der Waals surface area contributed by atoms with Crippen molar-refractivity contribution in [2.24, 2.45) is 0 Å². The molecule has 74 valence electrons. The summed E-state index contributed by atoms with van der Waals surface area (Å²) >= 11 is 0. The molecule has 0 fully saturated rings. The molecule has 0 spiro atoms. The third kappa shape index (κ3) is 2.31. The average Bonchev–Trinajstić information content (AvgIpc) is 2.19. The van der Waals surface area contributed by atoms with Crippen molar-refractivity contribution in [3.8, 4) is 6.07 Å². The molecule has 0 aromatic heterocycles. The minimum absolute atomic E-state index is 0.188. The van der Waals surface area contributed by atoms with E-state index in [-0.39, 0.29) is 11.3 Å². The van der Waals surface area contributed by atoms with Crippen LogP contribution in [0.15, 0.2) is 29.2 Å². The topological polar surface area (TPSA) is 70.0 Å². The molecule has 0 aliphatic carbocycles. The third-order valence-electron chi connectivity index (χ3n) is 1.76. The van der Waals surface area contributed by atoms with Gasteiger partial charge in [-0.25, -0.2) is 13.1 Å². The minimum atomic E-state index is -3.40. The van der Waals surface area contributed by atoms with E-state index in [1.54, 1.807) is 12.1 Å². The number of nitrogens with zero attached hydrogens (tertiary/aromatic N) is 1. The van der Waals surface area contributed by atoms with Gasteiger partial charge < -0.3 is 0 Å². The first-order valence-corrected chi connectivity index (χ1v) is 5.48. The maximum Gasteiger partial charge on any atom is 0.240 e. The normalized spacial score (nSPS) is 10.9. The zero-order chi connectivity index (χ0) is 10.6. The maximum atomic E-state index is 11.4. The monoisotopic (exact) mass is 210 g/mol. The first-order chi connectivity index (χ1) is 6.60. The van der Waals surface area contributed by atoms with E-state index in [2.05, 4.69) is 4.72 Å². The molecule has 1 rings (SSSR count). The standard InChI is InChI=1S/C9H10N2O2S/c1-11-14(12,13)9-4-2-3-8(7-9)5-6-10/h2-4,7,11H,5H2,1H3. The second kappa shape index (κ2) is 4.22. The molecule has 0 bridgehead atoms. The number of hydrogen-bond acceptors (Lipinski definition) is 3. The van der Waals surface area contributed by atoms with Crippen molar-refractivity contribution in [3.63, 3.8) is 0 Å². The molecule has 0 heterocycles. The Hall–Kier alpha value is -1.38. The fourth-order valence-corrected chi connectivity index (χ4v) is 1.83. The lowest BCUT2D eigenvalue weighted by molar-refractivity contribution is 0.588. The smallest absolute Gasteiger partial charge is 0.214 e. The molecule has 14 heavy (non-hydrogen) atoms. The number of rotatable bonds is 3. The lowest BCUT2D eigenvalue weighted by atomic mass is 10.2. The van der Waals surface area contributed by atoms with Crippen molar-refractivity contribution >= 4 is 10.0 Å². The van der Waals surface area contributed by atoms with Crippen LogP contribution in [0.2, 0.25) is 0 Å². The largest absolute Gasteiger partial charge is 0.240 e. The Bertz CT molecular complexity index is 460. The van der Waals surface area contributed by atoms with Crippen LogP contribution < -0.4 is 4.72 Å². The fraction of sp³-hybridized carbons (Fsp3) is 0.222. The molecule has 0 aliphatic rings. The van der Waals surface area contributed by atoms with Crippen LogP contribution in [0.4, 0.5) is 0 Å². The maximum absolute atomic E-state index is 11.4. The first kappa shape index (κ1) is 10.7. The number of benzene rings is 1. The van der Waals surface area contributed by atoms with E-state index in [4.69, 9.17) is 5.26 Å². The Morgan fingerprint density at radius 3 is 2.79 bits per heavy atom. The lowest BCUT2D eigenvalue weighted by Crippen LogP contribution is -2.18. The molecule has 0 saturated carbocycles. The van der Waals surface area contributed by atoms with Gasteiger partial charge in [0.2, 0.25) is 10.0 Å². The highest BCUT2D eigenvalue weighted by molar-refractivity contribution is 7.89.